The van der Waals surface area contributed by atoms with Crippen molar-refractivity contribution in [1.82, 2.24) is 10.2 Å². The van der Waals surface area contributed by atoms with Gasteiger partial charge in [-0.15, -0.1) is 0 Å². The van der Waals surface area contributed by atoms with Crippen LogP contribution in [-0.4, -0.2) is 47.8 Å². The standard InChI is InChI=1S/C23H29ClN2O3/c1-17-11-20(12-18(2)22(17)24)29-16-23(28)9-6-10-26(15-23)14-21(27)25-13-19-7-4-3-5-8-19/h3-5,7-8,11-12,28H,6,9-10,13-16H2,1-2H3,(H,25,27). The summed E-state index contributed by atoms with van der Waals surface area (Å²) in [4.78, 5) is 14.3. The molecule has 1 saturated heterocycles. The largest absolute Gasteiger partial charge is 0.491 e. The zero-order valence-corrected chi connectivity index (χ0v) is 17.8. The van der Waals surface area contributed by atoms with Crippen LogP contribution in [0.5, 0.6) is 5.75 Å². The summed E-state index contributed by atoms with van der Waals surface area (Å²) in [6, 6.07) is 13.6. The van der Waals surface area contributed by atoms with E-state index in [1.807, 2.05) is 61.2 Å². The maximum Gasteiger partial charge on any atom is 0.234 e. The van der Waals surface area contributed by atoms with Crippen LogP contribution < -0.4 is 10.1 Å². The van der Waals surface area contributed by atoms with E-state index in [2.05, 4.69) is 5.32 Å². The third-order valence-electron chi connectivity index (χ3n) is 5.25. The highest BCUT2D eigenvalue weighted by molar-refractivity contribution is 6.32. The number of halogens is 1. The number of aryl methyl sites for hydroxylation is 2. The van der Waals surface area contributed by atoms with Gasteiger partial charge in [0.1, 0.15) is 18.0 Å². The van der Waals surface area contributed by atoms with E-state index in [4.69, 9.17) is 16.3 Å². The van der Waals surface area contributed by atoms with Crippen molar-refractivity contribution in [3.63, 3.8) is 0 Å². The number of benzene rings is 2. The Morgan fingerprint density at radius 2 is 1.93 bits per heavy atom. The fourth-order valence-electron chi connectivity index (χ4n) is 3.72. The number of likely N-dealkylation sites (tertiary alicyclic amines) is 1. The summed E-state index contributed by atoms with van der Waals surface area (Å²) in [6.45, 7) is 6.05. The minimum Gasteiger partial charge on any atom is -0.491 e. The molecule has 5 nitrogen and oxygen atoms in total. The number of aliphatic hydroxyl groups is 1. The molecule has 1 amide bonds. The Kier molecular flexibility index (Phi) is 7.17. The van der Waals surface area contributed by atoms with Crippen LogP contribution in [0.3, 0.4) is 0 Å². The summed E-state index contributed by atoms with van der Waals surface area (Å²) in [5, 5.41) is 14.7. The summed E-state index contributed by atoms with van der Waals surface area (Å²) in [5.74, 6) is 0.665. The molecule has 1 atom stereocenters. The van der Waals surface area contributed by atoms with Crippen molar-refractivity contribution < 1.29 is 14.6 Å². The van der Waals surface area contributed by atoms with Gasteiger partial charge in [0.15, 0.2) is 0 Å². The van der Waals surface area contributed by atoms with E-state index >= 15 is 0 Å². The van der Waals surface area contributed by atoms with Crippen LogP contribution in [0.4, 0.5) is 0 Å². The summed E-state index contributed by atoms with van der Waals surface area (Å²) in [6.07, 6.45) is 1.48. The van der Waals surface area contributed by atoms with Gasteiger partial charge in [0.05, 0.1) is 6.54 Å². The third kappa shape index (κ3) is 6.20. The van der Waals surface area contributed by atoms with Crippen molar-refractivity contribution in [3.05, 3.63) is 64.2 Å². The average molecular weight is 417 g/mol. The SMILES string of the molecule is Cc1cc(OCC2(O)CCCN(CC(=O)NCc3ccccc3)C2)cc(C)c1Cl. The van der Waals surface area contributed by atoms with Crippen LogP contribution in [0, 0.1) is 13.8 Å². The van der Waals surface area contributed by atoms with Crippen LogP contribution in [-0.2, 0) is 11.3 Å². The molecule has 2 aromatic carbocycles. The molecular weight excluding hydrogens is 388 g/mol. The molecule has 1 fully saturated rings. The number of ether oxygens (including phenoxy) is 1. The predicted molar refractivity (Wildman–Crippen MR) is 115 cm³/mol. The lowest BCUT2D eigenvalue weighted by Crippen LogP contribution is -2.53. The molecule has 1 aliphatic heterocycles. The number of hydrogen-bond donors (Lipinski definition) is 2. The number of rotatable bonds is 7. The van der Waals surface area contributed by atoms with Crippen molar-refractivity contribution in [2.75, 3.05) is 26.2 Å². The zero-order chi connectivity index (χ0) is 20.9. The highest BCUT2D eigenvalue weighted by Gasteiger charge is 2.34. The number of nitrogens with one attached hydrogen (secondary N) is 1. The number of β-amino-alcohol motifs (C(OH)–C–C–N with tert-alkyl or cyclic N) is 1. The van der Waals surface area contributed by atoms with Crippen LogP contribution in [0.2, 0.25) is 5.02 Å². The van der Waals surface area contributed by atoms with Crippen LogP contribution in [0.25, 0.3) is 0 Å². The Morgan fingerprint density at radius 3 is 2.62 bits per heavy atom. The van der Waals surface area contributed by atoms with E-state index in [0.29, 0.717) is 25.3 Å². The number of piperidine rings is 1. The maximum absolute atomic E-state index is 12.3. The number of nitrogens with zero attached hydrogens (tertiary/aromatic N) is 1. The Bertz CT molecular complexity index is 820. The van der Waals surface area contributed by atoms with Crippen LogP contribution in [0.15, 0.2) is 42.5 Å². The second-order valence-corrected chi connectivity index (χ2v) is 8.34. The molecule has 0 spiro atoms. The number of carbonyl (C=O) groups is 1. The quantitative estimate of drug-likeness (QED) is 0.725. The van der Waals surface area contributed by atoms with Gasteiger partial charge in [0.25, 0.3) is 0 Å². The van der Waals surface area contributed by atoms with Crippen molar-refractivity contribution in [2.45, 2.75) is 38.8 Å². The molecule has 0 radical (unpaired) electrons. The molecule has 2 aromatic rings. The smallest absolute Gasteiger partial charge is 0.234 e. The second-order valence-electron chi connectivity index (χ2n) is 7.96. The minimum absolute atomic E-state index is 0.0389. The van der Waals surface area contributed by atoms with Gasteiger partial charge >= 0.3 is 0 Å². The summed E-state index contributed by atoms with van der Waals surface area (Å²) in [5.41, 5.74) is 2.00. The highest BCUT2D eigenvalue weighted by atomic mass is 35.5. The van der Waals surface area contributed by atoms with Gasteiger partial charge in [0, 0.05) is 18.1 Å². The lowest BCUT2D eigenvalue weighted by atomic mass is 9.93. The molecule has 1 heterocycles. The highest BCUT2D eigenvalue weighted by Crippen LogP contribution is 2.28. The molecule has 6 heteroatoms. The molecule has 3 rings (SSSR count). The Balaban J connectivity index is 1.50. The monoisotopic (exact) mass is 416 g/mol. The molecule has 0 saturated carbocycles. The third-order valence-corrected chi connectivity index (χ3v) is 5.85. The van der Waals surface area contributed by atoms with E-state index in [-0.39, 0.29) is 19.1 Å². The van der Waals surface area contributed by atoms with Crippen LogP contribution >= 0.6 is 11.6 Å². The lowest BCUT2D eigenvalue weighted by Gasteiger charge is -2.38. The first-order chi connectivity index (χ1) is 13.8. The number of hydrogen-bond acceptors (Lipinski definition) is 4. The molecule has 0 bridgehead atoms. The number of amides is 1. The van der Waals surface area contributed by atoms with Gasteiger partial charge in [-0.1, -0.05) is 41.9 Å². The summed E-state index contributed by atoms with van der Waals surface area (Å²) in [7, 11) is 0. The molecule has 1 unspecified atom stereocenters. The minimum atomic E-state index is -0.973. The van der Waals surface area contributed by atoms with E-state index in [1.165, 1.54) is 0 Å². The first-order valence-electron chi connectivity index (χ1n) is 9.99. The first kappa shape index (κ1) is 21.6. The van der Waals surface area contributed by atoms with Crippen molar-refractivity contribution in [2.24, 2.45) is 0 Å². The normalized spacial score (nSPS) is 19.7. The average Bonchev–Trinajstić information content (AvgIpc) is 2.70. The summed E-state index contributed by atoms with van der Waals surface area (Å²) >= 11 is 6.21. The molecule has 0 aliphatic carbocycles. The van der Waals surface area contributed by atoms with E-state index < -0.39 is 5.60 Å². The number of carbonyl (C=O) groups excluding carboxylic acids is 1. The zero-order valence-electron chi connectivity index (χ0n) is 17.1. The molecule has 1 aliphatic rings. The molecule has 156 valence electrons. The Morgan fingerprint density at radius 1 is 1.24 bits per heavy atom. The lowest BCUT2D eigenvalue weighted by molar-refractivity contribution is -0.124. The van der Waals surface area contributed by atoms with Gasteiger partial charge in [-0.05, 0) is 62.1 Å². The van der Waals surface area contributed by atoms with E-state index in [1.54, 1.807) is 0 Å². The van der Waals surface area contributed by atoms with Crippen LogP contribution in [0.1, 0.15) is 29.5 Å². The van der Waals surface area contributed by atoms with Crippen molar-refractivity contribution >= 4 is 17.5 Å². The summed E-state index contributed by atoms with van der Waals surface area (Å²) < 4.78 is 5.89. The Hall–Kier alpha value is -2.08. The molecular formula is C23H29ClN2O3. The second kappa shape index (κ2) is 9.61. The van der Waals surface area contributed by atoms with Crippen molar-refractivity contribution in [3.8, 4) is 5.75 Å². The molecule has 2 N–H and O–H groups in total. The first-order valence-corrected chi connectivity index (χ1v) is 10.4. The van der Waals surface area contributed by atoms with Gasteiger partial charge in [-0.25, -0.2) is 0 Å². The Labute approximate surface area is 177 Å². The van der Waals surface area contributed by atoms with Gasteiger partial charge in [0.2, 0.25) is 5.91 Å². The van der Waals surface area contributed by atoms with Gasteiger partial charge in [-0.3, -0.25) is 9.69 Å². The van der Waals surface area contributed by atoms with Gasteiger partial charge < -0.3 is 15.2 Å². The van der Waals surface area contributed by atoms with Gasteiger partial charge in [-0.2, -0.15) is 0 Å². The topological polar surface area (TPSA) is 61.8 Å². The van der Waals surface area contributed by atoms with E-state index in [0.717, 1.165) is 34.7 Å². The molecule has 0 aromatic heterocycles. The fourth-order valence-corrected chi connectivity index (χ4v) is 3.83. The fraction of sp³-hybridized carbons (Fsp3) is 0.435. The maximum atomic E-state index is 12.3. The van der Waals surface area contributed by atoms with E-state index in [9.17, 15) is 9.90 Å². The predicted octanol–water partition coefficient (Wildman–Crippen LogP) is 3.48. The molecule has 29 heavy (non-hydrogen) atoms. The van der Waals surface area contributed by atoms with Crippen molar-refractivity contribution in [1.29, 1.82) is 0 Å².